The third kappa shape index (κ3) is 7.11. The van der Waals surface area contributed by atoms with E-state index in [1.165, 1.54) is 12.6 Å². The Morgan fingerprint density at radius 3 is 2.41 bits per heavy atom. The van der Waals surface area contributed by atoms with Crippen molar-refractivity contribution < 1.29 is 8.42 Å². The Labute approximate surface area is 178 Å². The highest BCUT2D eigenvalue weighted by Gasteiger charge is 2.11. The first-order valence-corrected chi connectivity index (χ1v) is 9.96. The zero-order valence-corrected chi connectivity index (χ0v) is 18.9. The van der Waals surface area contributed by atoms with Crippen LogP contribution in [0.25, 0.3) is 0 Å². The van der Waals surface area contributed by atoms with Gasteiger partial charge in [-0.1, -0.05) is 49.4 Å². The van der Waals surface area contributed by atoms with Crippen molar-refractivity contribution in [2.24, 2.45) is 4.99 Å². The summed E-state index contributed by atoms with van der Waals surface area (Å²) >= 11 is 0. The van der Waals surface area contributed by atoms with E-state index in [9.17, 15) is 8.42 Å². The Balaban J connectivity index is 0.00000364. The van der Waals surface area contributed by atoms with Gasteiger partial charge in [-0.3, -0.25) is 4.99 Å². The summed E-state index contributed by atoms with van der Waals surface area (Å²) in [6, 6.07) is 17.1. The van der Waals surface area contributed by atoms with E-state index in [1.54, 1.807) is 25.2 Å². The Morgan fingerprint density at radius 1 is 1.07 bits per heavy atom. The molecule has 1 unspecified atom stereocenters. The molecule has 0 amide bonds. The van der Waals surface area contributed by atoms with Gasteiger partial charge in [0.1, 0.15) is 0 Å². The average molecular weight is 502 g/mol. The second-order valence-electron chi connectivity index (χ2n) is 5.97. The van der Waals surface area contributed by atoms with Crippen molar-refractivity contribution in [1.29, 1.82) is 0 Å². The van der Waals surface area contributed by atoms with Gasteiger partial charge < -0.3 is 10.6 Å². The van der Waals surface area contributed by atoms with Crippen LogP contribution in [-0.2, 0) is 16.6 Å². The molecule has 0 radical (unpaired) electrons. The van der Waals surface area contributed by atoms with Gasteiger partial charge in [0.15, 0.2) is 5.96 Å². The Kier molecular flexibility index (Phi) is 9.75. The van der Waals surface area contributed by atoms with Crippen molar-refractivity contribution >= 4 is 40.0 Å². The van der Waals surface area contributed by atoms with E-state index < -0.39 is 10.0 Å². The van der Waals surface area contributed by atoms with E-state index in [0.717, 1.165) is 12.1 Å². The maximum Gasteiger partial charge on any atom is 0.240 e. The van der Waals surface area contributed by atoms with E-state index in [-0.39, 0.29) is 28.9 Å². The Hall–Kier alpha value is -1.65. The van der Waals surface area contributed by atoms with Crippen LogP contribution in [0.2, 0.25) is 0 Å². The van der Waals surface area contributed by atoms with Crippen molar-refractivity contribution in [2.75, 3.05) is 20.6 Å². The van der Waals surface area contributed by atoms with Gasteiger partial charge in [0, 0.05) is 20.1 Å². The van der Waals surface area contributed by atoms with Gasteiger partial charge in [0.25, 0.3) is 0 Å². The molecule has 0 aliphatic heterocycles. The van der Waals surface area contributed by atoms with Gasteiger partial charge in [-0.05, 0) is 36.2 Å². The highest BCUT2D eigenvalue weighted by Crippen LogP contribution is 2.13. The highest BCUT2D eigenvalue weighted by atomic mass is 127. The minimum atomic E-state index is -3.44. The second kappa shape index (κ2) is 11.3. The molecule has 0 aliphatic carbocycles. The minimum Gasteiger partial charge on any atom is -0.356 e. The third-order valence-corrected chi connectivity index (χ3v) is 5.52. The number of rotatable bonds is 7. The van der Waals surface area contributed by atoms with Crippen molar-refractivity contribution in [1.82, 2.24) is 15.4 Å². The molecule has 0 aromatic heterocycles. The van der Waals surface area contributed by atoms with Gasteiger partial charge in [-0.25, -0.2) is 13.1 Å². The number of benzene rings is 2. The van der Waals surface area contributed by atoms with Crippen molar-refractivity contribution in [3.63, 3.8) is 0 Å². The molecule has 0 saturated carbocycles. The normalized spacial score (nSPS) is 12.8. The maximum absolute atomic E-state index is 11.9. The lowest BCUT2D eigenvalue weighted by molar-refractivity contribution is 0.588. The summed E-state index contributed by atoms with van der Waals surface area (Å²) < 4.78 is 26.1. The van der Waals surface area contributed by atoms with E-state index in [4.69, 9.17) is 0 Å². The summed E-state index contributed by atoms with van der Waals surface area (Å²) in [5.41, 5.74) is 2.13. The number of guanidine groups is 1. The van der Waals surface area contributed by atoms with E-state index in [1.807, 2.05) is 24.3 Å². The lowest BCUT2D eigenvalue weighted by Gasteiger charge is -2.16. The van der Waals surface area contributed by atoms with Crippen LogP contribution >= 0.6 is 24.0 Å². The van der Waals surface area contributed by atoms with Gasteiger partial charge in [-0.2, -0.15) is 0 Å². The fourth-order valence-electron chi connectivity index (χ4n) is 2.50. The van der Waals surface area contributed by atoms with Crippen LogP contribution in [0, 0.1) is 0 Å². The third-order valence-electron chi connectivity index (χ3n) is 4.11. The first-order valence-electron chi connectivity index (χ1n) is 8.48. The average Bonchev–Trinajstić information content (AvgIpc) is 2.68. The van der Waals surface area contributed by atoms with E-state index in [2.05, 4.69) is 39.4 Å². The first kappa shape index (κ1) is 23.4. The SMILES string of the molecule is CN=C(NCc1cccc(S(=O)(=O)NC)c1)NCC(C)c1ccccc1.I. The van der Waals surface area contributed by atoms with Crippen molar-refractivity contribution in [3.05, 3.63) is 65.7 Å². The molecule has 8 heteroatoms. The fraction of sp³-hybridized carbons (Fsp3) is 0.316. The fourth-order valence-corrected chi connectivity index (χ4v) is 3.30. The lowest BCUT2D eigenvalue weighted by Crippen LogP contribution is -2.38. The van der Waals surface area contributed by atoms with E-state index in [0.29, 0.717) is 18.4 Å². The summed E-state index contributed by atoms with van der Waals surface area (Å²) in [6.45, 7) is 3.38. The second-order valence-corrected chi connectivity index (χ2v) is 7.86. The van der Waals surface area contributed by atoms with Crippen molar-refractivity contribution in [2.45, 2.75) is 24.3 Å². The molecule has 27 heavy (non-hydrogen) atoms. The molecule has 0 aliphatic rings. The Morgan fingerprint density at radius 2 is 1.78 bits per heavy atom. The van der Waals surface area contributed by atoms with E-state index >= 15 is 0 Å². The number of hydrogen-bond acceptors (Lipinski definition) is 3. The number of aliphatic imine (C=N–C) groups is 1. The van der Waals surface area contributed by atoms with Crippen LogP contribution in [0.5, 0.6) is 0 Å². The molecule has 2 aromatic rings. The summed E-state index contributed by atoms with van der Waals surface area (Å²) in [5.74, 6) is 1.02. The molecule has 2 aromatic carbocycles. The van der Waals surface area contributed by atoms with Crippen molar-refractivity contribution in [3.8, 4) is 0 Å². The van der Waals surface area contributed by atoms with Gasteiger partial charge in [0.2, 0.25) is 10.0 Å². The summed E-state index contributed by atoms with van der Waals surface area (Å²) in [4.78, 5) is 4.47. The molecule has 6 nitrogen and oxygen atoms in total. The summed E-state index contributed by atoms with van der Waals surface area (Å²) in [6.07, 6.45) is 0. The summed E-state index contributed by atoms with van der Waals surface area (Å²) in [7, 11) is -0.325. The summed E-state index contributed by atoms with van der Waals surface area (Å²) in [5, 5.41) is 6.52. The number of halogens is 1. The smallest absolute Gasteiger partial charge is 0.240 e. The quantitative estimate of drug-likeness (QED) is 0.309. The molecule has 0 heterocycles. The van der Waals surface area contributed by atoms with Crippen LogP contribution in [-0.4, -0.2) is 35.0 Å². The number of nitrogens with one attached hydrogen (secondary N) is 3. The standard InChI is InChI=1S/C19H26N4O2S.HI/c1-15(17-9-5-4-6-10-17)13-22-19(20-2)23-14-16-8-7-11-18(12-16)26(24,25)21-3;/h4-12,15,21H,13-14H2,1-3H3,(H2,20,22,23);1H. The van der Waals surface area contributed by atoms with Crippen LogP contribution in [0.1, 0.15) is 24.0 Å². The predicted octanol–water partition coefficient (Wildman–Crippen LogP) is 2.68. The maximum atomic E-state index is 11.9. The monoisotopic (exact) mass is 502 g/mol. The van der Waals surface area contributed by atoms with Gasteiger partial charge >= 0.3 is 0 Å². The molecule has 0 saturated heterocycles. The molecule has 148 valence electrons. The van der Waals surface area contributed by atoms with Crippen LogP contribution in [0.4, 0.5) is 0 Å². The number of nitrogens with zero attached hydrogens (tertiary/aromatic N) is 1. The minimum absolute atomic E-state index is 0. The van der Waals surface area contributed by atoms with Gasteiger partial charge in [0.05, 0.1) is 4.90 Å². The number of hydrogen-bond donors (Lipinski definition) is 3. The zero-order chi connectivity index (χ0) is 19.0. The molecule has 1 atom stereocenters. The molecule has 0 bridgehead atoms. The molecule has 0 spiro atoms. The zero-order valence-electron chi connectivity index (χ0n) is 15.8. The Bertz CT molecular complexity index is 842. The molecule has 2 rings (SSSR count). The first-order chi connectivity index (χ1) is 12.5. The van der Waals surface area contributed by atoms with Crippen LogP contribution in [0.15, 0.2) is 64.5 Å². The van der Waals surface area contributed by atoms with Gasteiger partial charge in [-0.15, -0.1) is 24.0 Å². The topological polar surface area (TPSA) is 82.6 Å². The molecular formula is C19H27IN4O2S. The van der Waals surface area contributed by atoms with Crippen LogP contribution in [0.3, 0.4) is 0 Å². The highest BCUT2D eigenvalue weighted by molar-refractivity contribution is 14.0. The predicted molar refractivity (Wildman–Crippen MR) is 121 cm³/mol. The molecular weight excluding hydrogens is 475 g/mol. The molecule has 3 N–H and O–H groups in total. The lowest BCUT2D eigenvalue weighted by atomic mass is 10.0. The number of sulfonamides is 1. The largest absolute Gasteiger partial charge is 0.356 e. The van der Waals surface area contributed by atoms with Crippen LogP contribution < -0.4 is 15.4 Å². The molecule has 0 fully saturated rings.